The van der Waals surface area contributed by atoms with Crippen molar-refractivity contribution in [1.82, 2.24) is 4.98 Å². The molecule has 1 aromatic rings. The molecule has 1 N–H and O–H groups in total. The zero-order valence-electron chi connectivity index (χ0n) is 10.5. The fraction of sp³-hybridized carbons (Fsp3) is 0.545. The highest BCUT2D eigenvalue weighted by Gasteiger charge is 2.36. The topological polar surface area (TPSA) is 77.3 Å². The number of anilines is 1. The van der Waals surface area contributed by atoms with Crippen LogP contribution in [0.2, 0.25) is 0 Å². The van der Waals surface area contributed by atoms with Crippen molar-refractivity contribution in [3.63, 3.8) is 0 Å². The molecule has 2 rings (SSSR count). The van der Waals surface area contributed by atoms with Crippen molar-refractivity contribution in [2.24, 2.45) is 0 Å². The molecule has 1 aliphatic carbocycles. The van der Waals surface area contributed by atoms with E-state index < -0.39 is 22.5 Å². The number of hydrogen-bond acceptors (Lipinski definition) is 5. The number of alkyl halides is 3. The van der Waals surface area contributed by atoms with Crippen molar-refractivity contribution in [2.45, 2.75) is 31.2 Å². The fourth-order valence-corrected chi connectivity index (χ4v) is 1.96. The molecule has 20 heavy (non-hydrogen) atoms. The lowest BCUT2D eigenvalue weighted by atomic mass is 9.89. The SMILES string of the molecule is COC1CC(Nc2cc(C(F)(F)F)ncc2[N+](=O)[O-])C1. The van der Waals surface area contributed by atoms with Gasteiger partial charge in [0.05, 0.1) is 11.0 Å². The van der Waals surface area contributed by atoms with Crippen LogP contribution < -0.4 is 5.32 Å². The van der Waals surface area contributed by atoms with Crippen LogP contribution in [0.4, 0.5) is 24.5 Å². The number of rotatable bonds is 4. The predicted molar refractivity (Wildman–Crippen MR) is 63.3 cm³/mol. The Morgan fingerprint density at radius 3 is 2.65 bits per heavy atom. The van der Waals surface area contributed by atoms with Gasteiger partial charge in [0, 0.05) is 13.2 Å². The predicted octanol–water partition coefficient (Wildman–Crippen LogP) is 2.60. The number of nitrogens with zero attached hydrogens (tertiary/aromatic N) is 2. The molecule has 0 unspecified atom stereocenters. The van der Waals surface area contributed by atoms with Gasteiger partial charge in [-0.1, -0.05) is 0 Å². The van der Waals surface area contributed by atoms with Crippen molar-refractivity contribution >= 4 is 11.4 Å². The summed E-state index contributed by atoms with van der Waals surface area (Å²) >= 11 is 0. The van der Waals surface area contributed by atoms with Gasteiger partial charge in [-0.15, -0.1) is 0 Å². The fourth-order valence-electron chi connectivity index (χ4n) is 1.96. The Morgan fingerprint density at radius 1 is 1.50 bits per heavy atom. The summed E-state index contributed by atoms with van der Waals surface area (Å²) in [5, 5.41) is 13.6. The number of methoxy groups -OCH3 is 1. The Kier molecular flexibility index (Phi) is 3.80. The maximum absolute atomic E-state index is 12.6. The lowest BCUT2D eigenvalue weighted by Crippen LogP contribution is -2.40. The van der Waals surface area contributed by atoms with Crippen LogP contribution in [0.1, 0.15) is 18.5 Å². The van der Waals surface area contributed by atoms with E-state index in [1.807, 2.05) is 0 Å². The van der Waals surface area contributed by atoms with Gasteiger partial charge in [0.15, 0.2) is 0 Å². The van der Waals surface area contributed by atoms with Crippen LogP contribution in [0.25, 0.3) is 0 Å². The maximum atomic E-state index is 12.6. The molecular weight excluding hydrogens is 279 g/mol. The Balaban J connectivity index is 2.22. The van der Waals surface area contributed by atoms with Crippen LogP contribution in [0, 0.1) is 10.1 Å². The van der Waals surface area contributed by atoms with Crippen molar-refractivity contribution in [1.29, 1.82) is 0 Å². The molecule has 0 amide bonds. The number of pyridine rings is 1. The zero-order chi connectivity index (χ0) is 14.9. The average Bonchev–Trinajstić information content (AvgIpc) is 2.31. The van der Waals surface area contributed by atoms with E-state index in [1.165, 1.54) is 7.11 Å². The first kappa shape index (κ1) is 14.5. The maximum Gasteiger partial charge on any atom is 0.433 e. The number of aromatic nitrogens is 1. The van der Waals surface area contributed by atoms with Gasteiger partial charge >= 0.3 is 11.9 Å². The summed E-state index contributed by atoms with van der Waals surface area (Å²) in [6.07, 6.45) is -2.79. The molecule has 1 fully saturated rings. The highest BCUT2D eigenvalue weighted by molar-refractivity contribution is 5.61. The van der Waals surface area contributed by atoms with Gasteiger partial charge < -0.3 is 10.1 Å². The minimum atomic E-state index is -4.64. The molecule has 1 saturated carbocycles. The first-order chi connectivity index (χ1) is 9.31. The number of hydrogen-bond donors (Lipinski definition) is 1. The van der Waals surface area contributed by atoms with Crippen LogP contribution in [0.3, 0.4) is 0 Å². The van der Waals surface area contributed by atoms with Crippen LogP contribution in [0.15, 0.2) is 12.3 Å². The molecule has 6 nitrogen and oxygen atoms in total. The molecule has 0 aromatic carbocycles. The Hall–Kier alpha value is -1.90. The van der Waals surface area contributed by atoms with Gasteiger partial charge in [-0.2, -0.15) is 13.2 Å². The second-order valence-corrected chi connectivity index (χ2v) is 4.51. The summed E-state index contributed by atoms with van der Waals surface area (Å²) in [5.41, 5.74) is -1.80. The first-order valence-corrected chi connectivity index (χ1v) is 5.82. The number of nitro groups is 1. The summed E-state index contributed by atoms with van der Waals surface area (Å²) in [4.78, 5) is 13.1. The smallest absolute Gasteiger partial charge is 0.381 e. The van der Waals surface area contributed by atoms with Crippen molar-refractivity contribution < 1.29 is 22.8 Å². The standard InChI is InChI=1S/C11H12F3N3O3/c1-20-7-2-6(3-7)16-8-4-10(11(12,13)14)15-5-9(8)17(18)19/h4-7H,2-3H2,1H3,(H,15,16). The van der Waals surface area contributed by atoms with Gasteiger partial charge in [0.2, 0.25) is 0 Å². The van der Waals surface area contributed by atoms with Crippen molar-refractivity contribution in [2.75, 3.05) is 12.4 Å². The molecule has 1 aromatic heterocycles. The van der Waals surface area contributed by atoms with E-state index in [0.717, 1.165) is 0 Å². The number of halogens is 3. The van der Waals surface area contributed by atoms with E-state index in [0.29, 0.717) is 25.1 Å². The lowest BCUT2D eigenvalue weighted by Gasteiger charge is -2.35. The molecular formula is C11H12F3N3O3. The summed E-state index contributed by atoms with van der Waals surface area (Å²) in [6, 6.07) is 0.528. The Morgan fingerprint density at radius 2 is 2.15 bits per heavy atom. The molecule has 0 aliphatic heterocycles. The summed E-state index contributed by atoms with van der Waals surface area (Å²) in [5.74, 6) is 0. The van der Waals surface area contributed by atoms with Gasteiger partial charge in [-0.25, -0.2) is 4.98 Å². The molecule has 0 atom stereocenters. The second-order valence-electron chi connectivity index (χ2n) is 4.51. The molecule has 110 valence electrons. The zero-order valence-corrected chi connectivity index (χ0v) is 10.5. The van der Waals surface area contributed by atoms with Crippen LogP contribution in [-0.4, -0.2) is 29.2 Å². The third kappa shape index (κ3) is 2.98. The Bertz CT molecular complexity index is 515. The minimum Gasteiger partial charge on any atom is -0.381 e. The Labute approximate surface area is 112 Å². The van der Waals surface area contributed by atoms with Gasteiger partial charge in [-0.3, -0.25) is 10.1 Å². The average molecular weight is 291 g/mol. The van der Waals surface area contributed by atoms with Crippen LogP contribution in [0.5, 0.6) is 0 Å². The summed E-state index contributed by atoms with van der Waals surface area (Å²) in [7, 11) is 1.54. The highest BCUT2D eigenvalue weighted by atomic mass is 19.4. The third-order valence-corrected chi connectivity index (χ3v) is 3.16. The summed E-state index contributed by atoms with van der Waals surface area (Å²) in [6.45, 7) is 0. The third-order valence-electron chi connectivity index (χ3n) is 3.16. The molecule has 1 heterocycles. The number of ether oxygens (including phenoxy) is 1. The van der Waals surface area contributed by atoms with Crippen molar-refractivity contribution in [3.05, 3.63) is 28.1 Å². The van der Waals surface area contributed by atoms with Crippen molar-refractivity contribution in [3.8, 4) is 0 Å². The first-order valence-electron chi connectivity index (χ1n) is 5.82. The van der Waals surface area contributed by atoms with E-state index in [-0.39, 0.29) is 17.8 Å². The molecule has 0 radical (unpaired) electrons. The second kappa shape index (κ2) is 5.23. The molecule has 9 heteroatoms. The van der Waals surface area contributed by atoms with E-state index in [4.69, 9.17) is 4.74 Å². The van der Waals surface area contributed by atoms with Gasteiger partial charge in [0.1, 0.15) is 17.6 Å². The van der Waals surface area contributed by atoms with Crippen LogP contribution in [-0.2, 0) is 10.9 Å². The number of nitrogens with one attached hydrogen (secondary N) is 1. The molecule has 0 spiro atoms. The van der Waals surface area contributed by atoms with Gasteiger partial charge in [-0.05, 0) is 18.9 Å². The largest absolute Gasteiger partial charge is 0.433 e. The van der Waals surface area contributed by atoms with E-state index in [9.17, 15) is 23.3 Å². The molecule has 0 saturated heterocycles. The quantitative estimate of drug-likeness (QED) is 0.681. The minimum absolute atomic E-state index is 0.0375. The van der Waals surface area contributed by atoms with E-state index >= 15 is 0 Å². The van der Waals surface area contributed by atoms with Crippen LogP contribution >= 0.6 is 0 Å². The van der Waals surface area contributed by atoms with E-state index in [1.54, 1.807) is 0 Å². The highest BCUT2D eigenvalue weighted by Crippen LogP contribution is 2.35. The van der Waals surface area contributed by atoms with E-state index in [2.05, 4.69) is 10.3 Å². The molecule has 0 bridgehead atoms. The summed E-state index contributed by atoms with van der Waals surface area (Å²) < 4.78 is 42.8. The lowest BCUT2D eigenvalue weighted by molar-refractivity contribution is -0.384. The van der Waals surface area contributed by atoms with Gasteiger partial charge in [0.25, 0.3) is 0 Å². The monoisotopic (exact) mass is 291 g/mol. The normalized spacial score (nSPS) is 22.2. The molecule has 1 aliphatic rings.